The first-order valence-corrected chi connectivity index (χ1v) is 10.1. The molecule has 0 aromatic heterocycles. The maximum atomic E-state index is 12.3. The molecule has 0 radical (unpaired) electrons. The highest BCUT2D eigenvalue weighted by atomic mass is 35.5. The molecule has 8 nitrogen and oxygen atoms in total. The number of rotatable bonds is 7. The fourth-order valence-electron chi connectivity index (χ4n) is 2.88. The summed E-state index contributed by atoms with van der Waals surface area (Å²) in [6.07, 6.45) is 1.27. The van der Waals surface area contributed by atoms with Crippen molar-refractivity contribution in [2.45, 2.75) is 25.8 Å². The van der Waals surface area contributed by atoms with Crippen molar-refractivity contribution in [3.63, 3.8) is 0 Å². The van der Waals surface area contributed by atoms with Crippen LogP contribution in [0.2, 0.25) is 5.02 Å². The van der Waals surface area contributed by atoms with Crippen LogP contribution in [-0.4, -0.2) is 54.8 Å². The van der Waals surface area contributed by atoms with Crippen molar-refractivity contribution in [1.82, 2.24) is 4.90 Å². The van der Waals surface area contributed by atoms with Crippen LogP contribution < -0.4 is 5.32 Å². The fourth-order valence-corrected chi connectivity index (χ4v) is 4.80. The number of carbonyl (C=O) groups excluding carboxylic acids is 1. The summed E-state index contributed by atoms with van der Waals surface area (Å²) in [6, 6.07) is 3.81. The predicted molar refractivity (Wildman–Crippen MR) is 95.7 cm³/mol. The van der Waals surface area contributed by atoms with Crippen molar-refractivity contribution < 1.29 is 18.1 Å². The van der Waals surface area contributed by atoms with Crippen LogP contribution in [0.4, 0.5) is 11.4 Å². The van der Waals surface area contributed by atoms with Crippen LogP contribution in [0.3, 0.4) is 0 Å². The third-order valence-electron chi connectivity index (χ3n) is 4.01. The highest BCUT2D eigenvalue weighted by molar-refractivity contribution is 7.91. The molecule has 1 saturated heterocycles. The van der Waals surface area contributed by atoms with Gasteiger partial charge in [0.25, 0.3) is 5.69 Å². The minimum Gasteiger partial charge on any atom is -0.319 e. The number of carbonyl (C=O) groups is 1. The van der Waals surface area contributed by atoms with Gasteiger partial charge in [-0.2, -0.15) is 0 Å². The van der Waals surface area contributed by atoms with Gasteiger partial charge in [-0.05, 0) is 31.5 Å². The number of nitro groups is 1. The number of hydrogen-bond donors (Lipinski definition) is 1. The molecule has 0 saturated carbocycles. The lowest BCUT2D eigenvalue weighted by molar-refractivity contribution is -0.383. The molecule has 1 aliphatic heterocycles. The van der Waals surface area contributed by atoms with Crippen LogP contribution in [0.1, 0.15) is 19.8 Å². The summed E-state index contributed by atoms with van der Waals surface area (Å²) in [5, 5.41) is 13.8. The Morgan fingerprint density at radius 3 is 2.76 bits per heavy atom. The Kier molecular flexibility index (Phi) is 6.36. The number of amides is 1. The first-order chi connectivity index (χ1) is 11.7. The van der Waals surface area contributed by atoms with E-state index in [1.54, 1.807) is 0 Å². The Hall–Kier alpha value is -1.71. The van der Waals surface area contributed by atoms with E-state index in [-0.39, 0.29) is 40.5 Å². The summed E-state index contributed by atoms with van der Waals surface area (Å²) in [7, 11) is -3.05. The molecule has 1 unspecified atom stereocenters. The molecule has 0 bridgehead atoms. The van der Waals surface area contributed by atoms with E-state index >= 15 is 0 Å². The Morgan fingerprint density at radius 2 is 2.20 bits per heavy atom. The van der Waals surface area contributed by atoms with Gasteiger partial charge in [-0.1, -0.05) is 18.5 Å². The molecule has 1 heterocycles. The van der Waals surface area contributed by atoms with Crippen LogP contribution in [0.25, 0.3) is 0 Å². The van der Waals surface area contributed by atoms with Crippen molar-refractivity contribution in [3.8, 4) is 0 Å². The molecule has 2 rings (SSSR count). The summed E-state index contributed by atoms with van der Waals surface area (Å²) in [4.78, 5) is 24.6. The number of nitrogens with zero attached hydrogens (tertiary/aromatic N) is 2. The Bertz CT molecular complexity index is 768. The number of nitrogens with one attached hydrogen (secondary N) is 1. The summed E-state index contributed by atoms with van der Waals surface area (Å²) in [5.41, 5.74) is -0.221. The van der Waals surface area contributed by atoms with Crippen LogP contribution in [0.5, 0.6) is 0 Å². The molecule has 1 atom stereocenters. The Labute approximate surface area is 151 Å². The molecule has 1 amide bonds. The minimum absolute atomic E-state index is 0.0200. The van der Waals surface area contributed by atoms with Crippen molar-refractivity contribution in [3.05, 3.63) is 33.3 Å². The molecule has 138 valence electrons. The van der Waals surface area contributed by atoms with E-state index in [2.05, 4.69) is 5.32 Å². The zero-order valence-electron chi connectivity index (χ0n) is 13.8. The molecule has 0 aliphatic carbocycles. The third-order valence-corrected chi connectivity index (χ3v) is 6.00. The predicted octanol–water partition coefficient (Wildman–Crippen LogP) is 2.09. The van der Waals surface area contributed by atoms with Gasteiger partial charge in [-0.3, -0.25) is 19.8 Å². The van der Waals surface area contributed by atoms with Gasteiger partial charge < -0.3 is 5.32 Å². The summed E-state index contributed by atoms with van der Waals surface area (Å²) >= 11 is 5.75. The number of anilines is 1. The first-order valence-electron chi connectivity index (χ1n) is 7.90. The lowest BCUT2D eigenvalue weighted by Gasteiger charge is -2.26. The van der Waals surface area contributed by atoms with Crippen LogP contribution in [0, 0.1) is 10.1 Å². The molecule has 1 N–H and O–H groups in total. The standard InChI is InChI=1S/C15H20ClN3O5S/c1-2-6-18(12-5-7-25(23,24)10-12)9-15(20)17-13-4-3-11(16)8-14(13)19(21)22/h3-4,8,12H,2,5-7,9-10H2,1H3,(H,17,20). The maximum absolute atomic E-state index is 12.3. The summed E-state index contributed by atoms with van der Waals surface area (Å²) < 4.78 is 23.3. The number of halogens is 1. The van der Waals surface area contributed by atoms with Crippen molar-refractivity contribution in [1.29, 1.82) is 0 Å². The monoisotopic (exact) mass is 389 g/mol. The smallest absolute Gasteiger partial charge is 0.294 e. The summed E-state index contributed by atoms with van der Waals surface area (Å²) in [5.74, 6) is -0.257. The number of hydrogen-bond acceptors (Lipinski definition) is 6. The van der Waals surface area contributed by atoms with E-state index in [0.717, 1.165) is 6.42 Å². The molecule has 1 aromatic rings. The van der Waals surface area contributed by atoms with Crippen LogP contribution >= 0.6 is 11.6 Å². The van der Waals surface area contributed by atoms with Gasteiger partial charge in [0.2, 0.25) is 5.91 Å². The van der Waals surface area contributed by atoms with Crippen molar-refractivity contribution in [2.24, 2.45) is 0 Å². The minimum atomic E-state index is -3.05. The largest absolute Gasteiger partial charge is 0.319 e. The lowest BCUT2D eigenvalue weighted by atomic mass is 10.2. The number of sulfone groups is 1. The lowest BCUT2D eigenvalue weighted by Crippen LogP contribution is -2.42. The SMILES string of the molecule is CCCN(CC(=O)Nc1ccc(Cl)cc1[N+](=O)[O-])C1CCS(=O)(=O)C1. The number of nitro benzene ring substituents is 1. The summed E-state index contributed by atoms with van der Waals surface area (Å²) in [6.45, 7) is 2.50. The van der Waals surface area contributed by atoms with E-state index in [1.807, 2.05) is 11.8 Å². The molecule has 1 aliphatic rings. The second-order valence-electron chi connectivity index (χ2n) is 5.99. The molecular weight excluding hydrogens is 370 g/mol. The average molecular weight is 390 g/mol. The van der Waals surface area contributed by atoms with Gasteiger partial charge in [0.15, 0.2) is 9.84 Å². The third kappa shape index (κ3) is 5.38. The quantitative estimate of drug-likeness (QED) is 0.564. The Balaban J connectivity index is 2.08. The van der Waals surface area contributed by atoms with E-state index in [9.17, 15) is 23.3 Å². The second kappa shape index (κ2) is 8.11. The van der Waals surface area contributed by atoms with Crippen LogP contribution in [0.15, 0.2) is 18.2 Å². The normalized spacial score (nSPS) is 19.1. The zero-order chi connectivity index (χ0) is 18.6. The topological polar surface area (TPSA) is 110 Å². The van der Waals surface area contributed by atoms with E-state index in [0.29, 0.717) is 13.0 Å². The van der Waals surface area contributed by atoms with Gasteiger partial charge in [0, 0.05) is 17.1 Å². The first kappa shape index (κ1) is 19.6. The zero-order valence-corrected chi connectivity index (χ0v) is 15.3. The van der Waals surface area contributed by atoms with E-state index in [1.165, 1.54) is 18.2 Å². The molecule has 10 heteroatoms. The van der Waals surface area contributed by atoms with E-state index < -0.39 is 20.7 Å². The van der Waals surface area contributed by atoms with Gasteiger partial charge in [-0.25, -0.2) is 8.42 Å². The van der Waals surface area contributed by atoms with E-state index in [4.69, 9.17) is 11.6 Å². The molecule has 0 spiro atoms. The second-order valence-corrected chi connectivity index (χ2v) is 8.66. The average Bonchev–Trinajstić information content (AvgIpc) is 2.88. The molecule has 1 fully saturated rings. The maximum Gasteiger partial charge on any atom is 0.294 e. The molecule has 25 heavy (non-hydrogen) atoms. The van der Waals surface area contributed by atoms with Gasteiger partial charge in [0.05, 0.1) is 23.0 Å². The van der Waals surface area contributed by atoms with Gasteiger partial charge in [0.1, 0.15) is 5.69 Å². The van der Waals surface area contributed by atoms with Gasteiger partial charge in [-0.15, -0.1) is 0 Å². The van der Waals surface area contributed by atoms with Crippen molar-refractivity contribution in [2.75, 3.05) is 29.9 Å². The molecular formula is C15H20ClN3O5S. The van der Waals surface area contributed by atoms with Gasteiger partial charge >= 0.3 is 0 Å². The molecule has 1 aromatic carbocycles. The Morgan fingerprint density at radius 1 is 1.48 bits per heavy atom. The fraction of sp³-hybridized carbons (Fsp3) is 0.533. The van der Waals surface area contributed by atoms with Crippen LogP contribution in [-0.2, 0) is 14.6 Å². The van der Waals surface area contributed by atoms with Crippen molar-refractivity contribution >= 4 is 38.7 Å². The highest BCUT2D eigenvalue weighted by Crippen LogP contribution is 2.28. The number of benzene rings is 1. The highest BCUT2D eigenvalue weighted by Gasteiger charge is 2.32.